The predicted molar refractivity (Wildman–Crippen MR) is 142 cm³/mol. The van der Waals surface area contributed by atoms with Gasteiger partial charge in [0.05, 0.1) is 13.7 Å². The van der Waals surface area contributed by atoms with Crippen LogP contribution in [0.4, 0.5) is 0 Å². The summed E-state index contributed by atoms with van der Waals surface area (Å²) in [6, 6.07) is 14.1. The Bertz CT molecular complexity index is 1230. The van der Waals surface area contributed by atoms with Crippen LogP contribution in [0.5, 0.6) is 11.5 Å². The molecule has 0 bridgehead atoms. The van der Waals surface area contributed by atoms with Crippen LogP contribution in [0.25, 0.3) is 0 Å². The molecule has 0 N–H and O–H groups in total. The van der Waals surface area contributed by atoms with Crippen LogP contribution in [0, 0.1) is 6.92 Å². The highest BCUT2D eigenvalue weighted by atomic mass is 16.5. The molecule has 2 aromatic rings. The van der Waals surface area contributed by atoms with E-state index in [9.17, 15) is 9.59 Å². The highest BCUT2D eigenvalue weighted by Crippen LogP contribution is 2.50. The van der Waals surface area contributed by atoms with Crippen LogP contribution in [-0.2, 0) is 20.9 Å². The molecule has 6 nitrogen and oxygen atoms in total. The van der Waals surface area contributed by atoms with Crippen molar-refractivity contribution in [3.05, 3.63) is 81.7 Å². The fraction of sp³-hybridized carbons (Fsp3) is 0.419. The third kappa shape index (κ3) is 4.95. The summed E-state index contributed by atoms with van der Waals surface area (Å²) in [5.41, 5.74) is 6.83. The standard InChI is InChI=1S/C31H35NO5/c1-20-7-4-8-21(17-20)19-37-27-14-13-22(18-28(27)36-3)29-30-23(9-5-11-25(30)33)32(15-16-35-2)24-10-6-12-26(34)31(24)29/h4,7-8,13-14,17-18,29H,5-6,9-12,15-16,19H2,1-3H3. The summed E-state index contributed by atoms with van der Waals surface area (Å²) in [7, 11) is 3.31. The first-order valence-electron chi connectivity index (χ1n) is 13.2. The third-order valence-electron chi connectivity index (χ3n) is 7.60. The van der Waals surface area contributed by atoms with Crippen molar-refractivity contribution < 1.29 is 23.8 Å². The van der Waals surface area contributed by atoms with E-state index in [2.05, 4.69) is 24.0 Å². The summed E-state index contributed by atoms with van der Waals surface area (Å²) in [6.45, 7) is 3.68. The maximum Gasteiger partial charge on any atom is 0.161 e. The zero-order valence-electron chi connectivity index (χ0n) is 22.0. The molecule has 1 aliphatic heterocycles. The Hall–Kier alpha value is -3.38. The molecule has 5 rings (SSSR count). The smallest absolute Gasteiger partial charge is 0.161 e. The van der Waals surface area contributed by atoms with Gasteiger partial charge in [0, 0.05) is 55.0 Å². The molecule has 0 atom stereocenters. The Morgan fingerprint density at radius 3 is 2.19 bits per heavy atom. The fourth-order valence-corrected chi connectivity index (χ4v) is 5.95. The number of benzene rings is 2. The molecule has 6 heteroatoms. The second-order valence-corrected chi connectivity index (χ2v) is 10.0. The highest BCUT2D eigenvalue weighted by molar-refractivity contribution is 6.06. The number of carbonyl (C=O) groups excluding carboxylic acids is 2. The summed E-state index contributed by atoms with van der Waals surface area (Å²) < 4.78 is 17.2. The van der Waals surface area contributed by atoms with E-state index in [4.69, 9.17) is 14.2 Å². The lowest BCUT2D eigenvalue weighted by molar-refractivity contribution is -0.117. The van der Waals surface area contributed by atoms with Crippen LogP contribution < -0.4 is 9.47 Å². The highest BCUT2D eigenvalue weighted by Gasteiger charge is 2.43. The van der Waals surface area contributed by atoms with Gasteiger partial charge in [-0.25, -0.2) is 0 Å². The molecule has 2 aliphatic carbocycles. The quantitative estimate of drug-likeness (QED) is 0.466. The predicted octanol–water partition coefficient (Wildman–Crippen LogP) is 5.64. The molecule has 0 saturated heterocycles. The molecule has 0 radical (unpaired) electrons. The van der Waals surface area contributed by atoms with Crippen molar-refractivity contribution >= 4 is 11.6 Å². The number of Topliss-reactive ketones (excluding diaryl/α,β-unsaturated/α-hetero) is 2. The topological polar surface area (TPSA) is 65.1 Å². The number of nitrogens with zero attached hydrogens (tertiary/aromatic N) is 1. The van der Waals surface area contributed by atoms with E-state index in [1.807, 2.05) is 30.3 Å². The average Bonchev–Trinajstić information content (AvgIpc) is 2.90. The van der Waals surface area contributed by atoms with Crippen LogP contribution >= 0.6 is 0 Å². The number of allylic oxidation sites excluding steroid dienone is 4. The molecule has 0 amide bonds. The van der Waals surface area contributed by atoms with E-state index in [-0.39, 0.29) is 17.5 Å². The van der Waals surface area contributed by atoms with Crippen LogP contribution in [0.3, 0.4) is 0 Å². The zero-order chi connectivity index (χ0) is 25.9. The van der Waals surface area contributed by atoms with E-state index in [0.717, 1.165) is 59.4 Å². The summed E-state index contributed by atoms with van der Waals surface area (Å²) in [5.74, 6) is 1.14. The molecule has 0 fully saturated rings. The maximum atomic E-state index is 13.4. The van der Waals surface area contributed by atoms with E-state index >= 15 is 0 Å². The van der Waals surface area contributed by atoms with Crippen molar-refractivity contribution in [1.29, 1.82) is 0 Å². The summed E-state index contributed by atoms with van der Waals surface area (Å²) in [6.07, 6.45) is 4.36. The van der Waals surface area contributed by atoms with Gasteiger partial charge in [-0.1, -0.05) is 35.9 Å². The average molecular weight is 502 g/mol. The van der Waals surface area contributed by atoms with Crippen molar-refractivity contribution in [2.45, 2.75) is 58.0 Å². The first-order chi connectivity index (χ1) is 18.0. The van der Waals surface area contributed by atoms with Gasteiger partial charge in [-0.05, 0) is 55.9 Å². The third-order valence-corrected chi connectivity index (χ3v) is 7.60. The first-order valence-corrected chi connectivity index (χ1v) is 13.2. The van der Waals surface area contributed by atoms with E-state index < -0.39 is 0 Å². The Morgan fingerprint density at radius 1 is 0.865 bits per heavy atom. The molecule has 3 aliphatic rings. The Labute approximate surface area is 218 Å². The lowest BCUT2D eigenvalue weighted by Gasteiger charge is -2.44. The van der Waals surface area contributed by atoms with Gasteiger partial charge >= 0.3 is 0 Å². The molecule has 194 valence electrons. The second-order valence-electron chi connectivity index (χ2n) is 10.0. The minimum Gasteiger partial charge on any atom is -0.493 e. The normalized spacial score (nSPS) is 18.2. The Balaban J connectivity index is 1.55. The van der Waals surface area contributed by atoms with Crippen molar-refractivity contribution in [2.24, 2.45) is 0 Å². The SMILES string of the molecule is COCCN1C2=C(C(=O)CCC2)C(c2ccc(OCc3cccc(C)c3)c(OC)c2)C2=C1CCCC2=O. The lowest BCUT2D eigenvalue weighted by Crippen LogP contribution is -2.40. The van der Waals surface area contributed by atoms with Crippen LogP contribution in [-0.4, -0.2) is 43.8 Å². The number of hydrogen-bond acceptors (Lipinski definition) is 6. The fourth-order valence-electron chi connectivity index (χ4n) is 5.95. The maximum absolute atomic E-state index is 13.4. The van der Waals surface area contributed by atoms with Crippen molar-refractivity contribution in [3.63, 3.8) is 0 Å². The number of aryl methyl sites for hydroxylation is 1. The van der Waals surface area contributed by atoms with Crippen LogP contribution in [0.2, 0.25) is 0 Å². The summed E-state index contributed by atoms with van der Waals surface area (Å²) in [5, 5.41) is 0. The van der Waals surface area contributed by atoms with E-state index in [1.54, 1.807) is 14.2 Å². The Morgan fingerprint density at radius 2 is 1.57 bits per heavy atom. The second kappa shape index (κ2) is 10.9. The van der Waals surface area contributed by atoms with Gasteiger partial charge < -0.3 is 19.1 Å². The van der Waals surface area contributed by atoms with Crippen molar-refractivity contribution in [1.82, 2.24) is 4.90 Å². The molecule has 1 heterocycles. The zero-order valence-corrected chi connectivity index (χ0v) is 22.0. The van der Waals surface area contributed by atoms with Gasteiger partial charge in [0.15, 0.2) is 23.1 Å². The lowest BCUT2D eigenvalue weighted by atomic mass is 9.71. The summed E-state index contributed by atoms with van der Waals surface area (Å²) in [4.78, 5) is 29.0. The van der Waals surface area contributed by atoms with Gasteiger partial charge in [-0.2, -0.15) is 0 Å². The molecule has 0 spiro atoms. The number of ether oxygens (including phenoxy) is 3. The minimum atomic E-state index is -0.371. The Kier molecular flexibility index (Phi) is 7.47. The van der Waals surface area contributed by atoms with Crippen molar-refractivity contribution in [3.8, 4) is 11.5 Å². The number of rotatable bonds is 8. The number of methoxy groups -OCH3 is 2. The molecule has 37 heavy (non-hydrogen) atoms. The number of ketones is 2. The van der Waals surface area contributed by atoms with Gasteiger partial charge in [0.1, 0.15) is 6.61 Å². The summed E-state index contributed by atoms with van der Waals surface area (Å²) >= 11 is 0. The van der Waals surface area contributed by atoms with Crippen molar-refractivity contribution in [2.75, 3.05) is 27.4 Å². The first kappa shape index (κ1) is 25.3. The molecule has 2 aromatic carbocycles. The van der Waals surface area contributed by atoms with Crippen LogP contribution in [0.1, 0.15) is 61.1 Å². The molecular formula is C31H35NO5. The molecule has 0 unspecified atom stereocenters. The minimum absolute atomic E-state index is 0.136. The van der Waals surface area contributed by atoms with Crippen LogP contribution in [0.15, 0.2) is 65.0 Å². The largest absolute Gasteiger partial charge is 0.493 e. The molecular weight excluding hydrogens is 466 g/mol. The molecule has 0 aromatic heterocycles. The number of hydrogen-bond donors (Lipinski definition) is 0. The monoisotopic (exact) mass is 501 g/mol. The van der Waals surface area contributed by atoms with Gasteiger partial charge in [0.25, 0.3) is 0 Å². The van der Waals surface area contributed by atoms with E-state index in [1.165, 1.54) is 5.56 Å². The molecule has 0 saturated carbocycles. The number of carbonyl (C=O) groups is 2. The van der Waals surface area contributed by atoms with Gasteiger partial charge in [-0.15, -0.1) is 0 Å². The van der Waals surface area contributed by atoms with Gasteiger partial charge in [0.2, 0.25) is 0 Å². The van der Waals surface area contributed by atoms with E-state index in [0.29, 0.717) is 44.1 Å². The van der Waals surface area contributed by atoms with Gasteiger partial charge in [-0.3, -0.25) is 9.59 Å².